The van der Waals surface area contributed by atoms with E-state index in [0.29, 0.717) is 12.2 Å². The summed E-state index contributed by atoms with van der Waals surface area (Å²) in [4.78, 5) is 0. The van der Waals surface area contributed by atoms with E-state index in [1.165, 1.54) is 31.7 Å². The first kappa shape index (κ1) is 16.7. The summed E-state index contributed by atoms with van der Waals surface area (Å²) in [5.74, 6) is 1.04. The minimum Gasteiger partial charge on any atom is -0.216 e. The summed E-state index contributed by atoms with van der Waals surface area (Å²) < 4.78 is 25.5. The fourth-order valence-corrected chi connectivity index (χ4v) is 3.38. The molecule has 0 radical (unpaired) electrons. The Balaban J connectivity index is 1.73. The Morgan fingerprint density at radius 3 is 2.41 bits per heavy atom. The molecule has 0 saturated heterocycles. The number of rotatable bonds is 6. The molecular formula is C19H23F2N. The second kappa shape index (κ2) is 8.68. The molecule has 1 aromatic carbocycles. The smallest absolute Gasteiger partial charge is 0.141 e. The van der Waals surface area contributed by atoms with Gasteiger partial charge in [0.25, 0.3) is 0 Å². The quantitative estimate of drug-likeness (QED) is 0.661. The largest absolute Gasteiger partial charge is 0.216 e. The predicted molar refractivity (Wildman–Crippen MR) is 84.4 cm³/mol. The summed E-state index contributed by atoms with van der Waals surface area (Å²) in [6, 6.07) is 6.77. The van der Waals surface area contributed by atoms with Crippen LogP contribution < -0.4 is 0 Å². The van der Waals surface area contributed by atoms with Crippen LogP contribution in [0.1, 0.15) is 56.1 Å². The molecule has 0 amide bonds. The van der Waals surface area contributed by atoms with Gasteiger partial charge in [0.1, 0.15) is 11.9 Å². The number of hydrogen-bond donors (Lipinski definition) is 0. The highest BCUT2D eigenvalue weighted by Crippen LogP contribution is 2.34. The molecule has 1 aliphatic rings. The van der Waals surface area contributed by atoms with E-state index in [-0.39, 0.29) is 5.56 Å². The van der Waals surface area contributed by atoms with Crippen molar-refractivity contribution in [3.8, 4) is 6.07 Å². The van der Waals surface area contributed by atoms with Crippen molar-refractivity contribution in [2.45, 2.75) is 51.4 Å². The van der Waals surface area contributed by atoms with Crippen molar-refractivity contribution in [2.24, 2.45) is 11.8 Å². The summed E-state index contributed by atoms with van der Waals surface area (Å²) >= 11 is 0. The van der Waals surface area contributed by atoms with Crippen LogP contribution in [-0.4, -0.2) is 0 Å². The number of hydrogen-bond acceptors (Lipinski definition) is 1. The zero-order chi connectivity index (χ0) is 15.8. The van der Waals surface area contributed by atoms with Crippen LogP contribution in [0, 0.1) is 29.0 Å². The lowest BCUT2D eigenvalue weighted by Gasteiger charge is -2.28. The summed E-state index contributed by atoms with van der Waals surface area (Å²) in [5, 5.41) is 8.73. The number of halogens is 2. The van der Waals surface area contributed by atoms with Crippen molar-refractivity contribution in [3.63, 3.8) is 0 Å². The fraction of sp³-hybridized carbons (Fsp3) is 0.526. The van der Waals surface area contributed by atoms with Crippen LogP contribution in [0.25, 0.3) is 0 Å². The lowest BCUT2D eigenvalue weighted by Crippen LogP contribution is -2.15. The van der Waals surface area contributed by atoms with Crippen LogP contribution in [0.3, 0.4) is 0 Å². The normalized spacial score (nSPS) is 21.9. The van der Waals surface area contributed by atoms with E-state index in [9.17, 15) is 8.78 Å². The fourth-order valence-electron chi connectivity index (χ4n) is 3.38. The molecule has 0 heterocycles. The molecule has 0 N–H and O–H groups in total. The zero-order valence-electron chi connectivity index (χ0n) is 12.9. The molecule has 1 saturated carbocycles. The standard InChI is InChI=1S/C19H23F2N/c20-12-2-1-3-15-4-6-16(7-5-15)8-9-17-10-11-18(14-22)19(21)13-17/h2,10-13,15-16H,1,3-9H2/t15-,16-. The maximum Gasteiger partial charge on any atom is 0.141 e. The van der Waals surface area contributed by atoms with Crippen LogP contribution in [0.5, 0.6) is 0 Å². The first-order valence-corrected chi connectivity index (χ1v) is 8.16. The predicted octanol–water partition coefficient (Wildman–Crippen LogP) is 5.70. The lowest BCUT2D eigenvalue weighted by atomic mass is 9.78. The van der Waals surface area contributed by atoms with E-state index in [1.54, 1.807) is 12.1 Å². The molecule has 0 aromatic heterocycles. The second-order valence-electron chi connectivity index (χ2n) is 6.29. The molecule has 0 unspecified atom stereocenters. The third-order valence-corrected chi connectivity index (χ3v) is 4.79. The van der Waals surface area contributed by atoms with Gasteiger partial charge < -0.3 is 0 Å². The van der Waals surface area contributed by atoms with E-state index in [0.717, 1.165) is 37.2 Å². The maximum atomic E-state index is 13.6. The van der Waals surface area contributed by atoms with Gasteiger partial charge in [-0.3, -0.25) is 0 Å². The third-order valence-electron chi connectivity index (χ3n) is 4.79. The van der Waals surface area contributed by atoms with Crippen LogP contribution in [0.4, 0.5) is 8.78 Å². The average Bonchev–Trinajstić information content (AvgIpc) is 2.54. The van der Waals surface area contributed by atoms with E-state index >= 15 is 0 Å². The van der Waals surface area contributed by atoms with Gasteiger partial charge in [0, 0.05) is 0 Å². The molecule has 0 bridgehead atoms. The van der Waals surface area contributed by atoms with Crippen LogP contribution in [-0.2, 0) is 6.42 Å². The van der Waals surface area contributed by atoms with Gasteiger partial charge in [-0.2, -0.15) is 5.26 Å². The van der Waals surface area contributed by atoms with E-state index in [2.05, 4.69) is 0 Å². The molecule has 0 aliphatic heterocycles. The second-order valence-corrected chi connectivity index (χ2v) is 6.29. The lowest BCUT2D eigenvalue weighted by molar-refractivity contribution is 0.254. The SMILES string of the molecule is N#Cc1ccc(CC[C@H]2CC[C@H](CCC=CF)CC2)cc1F. The molecule has 2 rings (SSSR count). The van der Waals surface area contributed by atoms with Gasteiger partial charge in [0.2, 0.25) is 0 Å². The van der Waals surface area contributed by atoms with Gasteiger partial charge in [-0.1, -0.05) is 37.8 Å². The Kier molecular flexibility index (Phi) is 6.58. The van der Waals surface area contributed by atoms with Crippen LogP contribution >= 0.6 is 0 Å². The topological polar surface area (TPSA) is 23.8 Å². The van der Waals surface area contributed by atoms with Gasteiger partial charge in [-0.25, -0.2) is 8.78 Å². The first-order chi connectivity index (χ1) is 10.7. The van der Waals surface area contributed by atoms with Gasteiger partial charge in [0.15, 0.2) is 0 Å². The van der Waals surface area contributed by atoms with Gasteiger partial charge >= 0.3 is 0 Å². The molecular weight excluding hydrogens is 280 g/mol. The van der Waals surface area contributed by atoms with Crippen LogP contribution in [0.15, 0.2) is 30.6 Å². The molecule has 118 valence electrons. The molecule has 0 atom stereocenters. The van der Waals surface area contributed by atoms with E-state index in [1.807, 2.05) is 12.1 Å². The molecule has 3 heteroatoms. The Labute approximate surface area is 131 Å². The Morgan fingerprint density at radius 1 is 1.14 bits per heavy atom. The monoisotopic (exact) mass is 303 g/mol. The van der Waals surface area contributed by atoms with Gasteiger partial charge in [-0.15, -0.1) is 0 Å². The molecule has 22 heavy (non-hydrogen) atoms. The molecule has 1 fully saturated rings. The molecule has 1 nitrogen and oxygen atoms in total. The summed E-state index contributed by atoms with van der Waals surface area (Å²) in [6.07, 6.45) is 11.0. The number of allylic oxidation sites excluding steroid dienone is 1. The first-order valence-electron chi connectivity index (χ1n) is 8.16. The zero-order valence-corrected chi connectivity index (χ0v) is 12.9. The van der Waals surface area contributed by atoms with Crippen molar-refractivity contribution in [1.82, 2.24) is 0 Å². The van der Waals surface area contributed by atoms with E-state index < -0.39 is 5.82 Å². The third kappa shape index (κ3) is 4.94. The van der Waals surface area contributed by atoms with E-state index in [4.69, 9.17) is 5.26 Å². The van der Waals surface area contributed by atoms with Crippen molar-refractivity contribution < 1.29 is 8.78 Å². The number of benzene rings is 1. The van der Waals surface area contributed by atoms with Crippen LogP contribution in [0.2, 0.25) is 0 Å². The summed E-state index contributed by atoms with van der Waals surface area (Å²) in [5.41, 5.74) is 1.10. The minimum atomic E-state index is -0.412. The molecule has 0 spiro atoms. The Hall–Kier alpha value is -1.69. The van der Waals surface area contributed by atoms with Gasteiger partial charge in [-0.05, 0) is 55.2 Å². The number of nitrogens with zero attached hydrogens (tertiary/aromatic N) is 1. The molecule has 1 aromatic rings. The van der Waals surface area contributed by atoms with Crippen molar-refractivity contribution in [3.05, 3.63) is 47.5 Å². The van der Waals surface area contributed by atoms with Crippen molar-refractivity contribution in [2.75, 3.05) is 0 Å². The Morgan fingerprint density at radius 2 is 1.82 bits per heavy atom. The highest BCUT2D eigenvalue weighted by atomic mass is 19.1. The van der Waals surface area contributed by atoms with Gasteiger partial charge in [0.05, 0.1) is 11.9 Å². The maximum absolute atomic E-state index is 13.6. The highest BCUT2D eigenvalue weighted by Gasteiger charge is 2.20. The number of aryl methyl sites for hydroxylation is 1. The molecule has 1 aliphatic carbocycles. The Bertz CT molecular complexity index is 537. The minimum absolute atomic E-state index is 0.117. The summed E-state index contributed by atoms with van der Waals surface area (Å²) in [7, 11) is 0. The van der Waals surface area contributed by atoms with Crippen molar-refractivity contribution in [1.29, 1.82) is 5.26 Å². The highest BCUT2D eigenvalue weighted by molar-refractivity contribution is 5.33. The van der Waals surface area contributed by atoms with Crippen molar-refractivity contribution >= 4 is 0 Å². The average molecular weight is 303 g/mol. The number of nitriles is 1. The summed E-state index contributed by atoms with van der Waals surface area (Å²) in [6.45, 7) is 0.